The molecule has 0 aromatic heterocycles. The number of esters is 2. The summed E-state index contributed by atoms with van der Waals surface area (Å²) in [7, 11) is 0. The minimum atomic E-state index is -0.402. The molecule has 5 nitrogen and oxygen atoms in total. The molecule has 4 atom stereocenters. The van der Waals surface area contributed by atoms with Crippen LogP contribution in [0.2, 0.25) is 0 Å². The van der Waals surface area contributed by atoms with Crippen molar-refractivity contribution in [3.8, 4) is 0 Å². The molecule has 1 saturated heterocycles. The fraction of sp³-hybridized carbons (Fsp3) is 0.467. The molecular weight excluding hydrogens is 260 g/mol. The molecule has 1 aliphatic carbocycles. The molecule has 3 rings (SSSR count). The van der Waals surface area contributed by atoms with Crippen LogP contribution in [-0.4, -0.2) is 35.9 Å². The van der Waals surface area contributed by atoms with Crippen molar-refractivity contribution in [1.82, 2.24) is 0 Å². The largest absolute Gasteiger partial charge is 0.462 e. The van der Waals surface area contributed by atoms with Gasteiger partial charge >= 0.3 is 11.9 Å². The second-order valence-electron chi connectivity index (χ2n) is 5.29. The number of carbonyl (C=O) groups excluding carboxylic acids is 2. The molecule has 106 valence electrons. The summed E-state index contributed by atoms with van der Waals surface area (Å²) in [6.07, 6.45) is 0.152. The molecule has 1 saturated carbocycles. The van der Waals surface area contributed by atoms with Gasteiger partial charge in [0.25, 0.3) is 0 Å². The van der Waals surface area contributed by atoms with E-state index < -0.39 is 12.1 Å². The van der Waals surface area contributed by atoms with Crippen LogP contribution in [0.3, 0.4) is 0 Å². The zero-order valence-electron chi connectivity index (χ0n) is 10.9. The van der Waals surface area contributed by atoms with Crippen LogP contribution in [0.25, 0.3) is 0 Å². The van der Waals surface area contributed by atoms with Gasteiger partial charge in [0, 0.05) is 24.9 Å². The third-order valence-corrected chi connectivity index (χ3v) is 4.13. The van der Waals surface area contributed by atoms with E-state index in [-0.39, 0.29) is 30.5 Å². The summed E-state index contributed by atoms with van der Waals surface area (Å²) in [5.41, 5.74) is 0.484. The Kier molecular flexibility index (Phi) is 3.44. The van der Waals surface area contributed by atoms with Crippen molar-refractivity contribution in [2.24, 2.45) is 11.8 Å². The monoisotopic (exact) mass is 276 g/mol. The third kappa shape index (κ3) is 2.29. The number of aliphatic hydroxyl groups is 1. The average Bonchev–Trinajstić information content (AvgIpc) is 2.95. The van der Waals surface area contributed by atoms with Gasteiger partial charge in [0.05, 0.1) is 12.0 Å². The Bertz CT molecular complexity index is 512. The van der Waals surface area contributed by atoms with Gasteiger partial charge in [0.15, 0.2) is 0 Å². The van der Waals surface area contributed by atoms with Crippen LogP contribution < -0.4 is 0 Å². The van der Waals surface area contributed by atoms with Gasteiger partial charge in [-0.3, -0.25) is 4.79 Å². The summed E-state index contributed by atoms with van der Waals surface area (Å²) in [4.78, 5) is 23.3. The maximum Gasteiger partial charge on any atom is 0.338 e. The van der Waals surface area contributed by atoms with Gasteiger partial charge in [-0.15, -0.1) is 0 Å². The van der Waals surface area contributed by atoms with Crippen LogP contribution in [-0.2, 0) is 14.3 Å². The van der Waals surface area contributed by atoms with Crippen molar-refractivity contribution in [2.75, 3.05) is 6.61 Å². The average molecular weight is 276 g/mol. The van der Waals surface area contributed by atoms with Crippen molar-refractivity contribution < 1.29 is 24.2 Å². The molecule has 2 fully saturated rings. The lowest BCUT2D eigenvalue weighted by molar-refractivity contribution is -0.141. The van der Waals surface area contributed by atoms with Crippen LogP contribution in [0.1, 0.15) is 23.2 Å². The number of aliphatic hydroxyl groups excluding tert-OH is 1. The van der Waals surface area contributed by atoms with Crippen LogP contribution >= 0.6 is 0 Å². The lowest BCUT2D eigenvalue weighted by Gasteiger charge is -2.20. The van der Waals surface area contributed by atoms with Crippen molar-refractivity contribution in [3.63, 3.8) is 0 Å². The maximum absolute atomic E-state index is 12.0. The fourth-order valence-electron chi connectivity index (χ4n) is 3.13. The zero-order chi connectivity index (χ0) is 14.1. The molecule has 1 aromatic carbocycles. The summed E-state index contributed by atoms with van der Waals surface area (Å²) >= 11 is 0. The van der Waals surface area contributed by atoms with Gasteiger partial charge in [-0.05, 0) is 12.1 Å². The first-order valence-corrected chi connectivity index (χ1v) is 6.75. The van der Waals surface area contributed by atoms with Crippen LogP contribution in [0, 0.1) is 11.8 Å². The van der Waals surface area contributed by atoms with E-state index in [1.165, 1.54) is 0 Å². The normalized spacial score (nSPS) is 31.8. The van der Waals surface area contributed by atoms with Crippen LogP contribution in [0.5, 0.6) is 0 Å². The van der Waals surface area contributed by atoms with Crippen molar-refractivity contribution >= 4 is 11.9 Å². The Morgan fingerprint density at radius 2 is 2.10 bits per heavy atom. The van der Waals surface area contributed by atoms with Crippen molar-refractivity contribution in [3.05, 3.63) is 35.9 Å². The molecule has 1 heterocycles. The molecule has 0 amide bonds. The molecule has 0 bridgehead atoms. The standard InChI is InChI=1S/C15H16O5/c16-8-11-10-6-14(17)19-12(10)7-13(11)20-15(18)9-4-2-1-3-5-9/h1-5,10-13,16H,6-8H2/t10?,11-,12+,13-/m1/s1. The molecule has 0 radical (unpaired) electrons. The highest BCUT2D eigenvalue weighted by molar-refractivity contribution is 5.89. The Balaban J connectivity index is 1.69. The van der Waals surface area contributed by atoms with Gasteiger partial charge in [-0.2, -0.15) is 0 Å². The molecule has 1 aliphatic heterocycles. The number of carbonyl (C=O) groups is 2. The first-order valence-electron chi connectivity index (χ1n) is 6.75. The van der Waals surface area contributed by atoms with E-state index in [1.54, 1.807) is 24.3 Å². The van der Waals surface area contributed by atoms with E-state index >= 15 is 0 Å². The van der Waals surface area contributed by atoms with E-state index in [0.29, 0.717) is 18.4 Å². The lowest BCUT2D eigenvalue weighted by Crippen LogP contribution is -2.28. The third-order valence-electron chi connectivity index (χ3n) is 4.13. The van der Waals surface area contributed by atoms with E-state index in [4.69, 9.17) is 9.47 Å². The summed E-state index contributed by atoms with van der Waals surface area (Å²) < 4.78 is 10.7. The number of hydrogen-bond donors (Lipinski definition) is 1. The molecular formula is C15H16O5. The van der Waals surface area contributed by atoms with Crippen LogP contribution in [0.4, 0.5) is 0 Å². The lowest BCUT2D eigenvalue weighted by atomic mass is 9.93. The Hall–Kier alpha value is -1.88. The molecule has 0 spiro atoms. The minimum Gasteiger partial charge on any atom is -0.462 e. The SMILES string of the molecule is O=C1CC2[C@H](C[C@@H](OC(=O)c3ccccc3)[C@@H]2CO)O1. The summed E-state index contributed by atoms with van der Waals surface area (Å²) in [6.45, 7) is -0.107. The highest BCUT2D eigenvalue weighted by Crippen LogP contribution is 2.42. The topological polar surface area (TPSA) is 72.8 Å². The summed E-state index contributed by atoms with van der Waals surface area (Å²) in [5.74, 6) is -0.896. The van der Waals surface area contributed by atoms with E-state index in [1.807, 2.05) is 6.07 Å². The highest BCUT2D eigenvalue weighted by Gasteiger charge is 2.51. The maximum atomic E-state index is 12.0. The second kappa shape index (κ2) is 5.25. The predicted octanol–water partition coefficient (Wildman–Crippen LogP) is 1.16. The molecule has 1 N–H and O–H groups in total. The quantitative estimate of drug-likeness (QED) is 0.839. The molecule has 5 heteroatoms. The van der Waals surface area contributed by atoms with Crippen LogP contribution in [0.15, 0.2) is 30.3 Å². The van der Waals surface area contributed by atoms with E-state index in [9.17, 15) is 14.7 Å². The van der Waals surface area contributed by atoms with Crippen molar-refractivity contribution in [2.45, 2.75) is 25.0 Å². The molecule has 2 aliphatic rings. The smallest absolute Gasteiger partial charge is 0.338 e. The molecule has 20 heavy (non-hydrogen) atoms. The first kappa shape index (κ1) is 13.1. The number of fused-ring (bicyclic) bond motifs is 1. The minimum absolute atomic E-state index is 0.0407. The summed E-state index contributed by atoms with van der Waals surface area (Å²) in [5, 5.41) is 9.50. The number of benzene rings is 1. The fourth-order valence-corrected chi connectivity index (χ4v) is 3.13. The Morgan fingerprint density at radius 3 is 2.80 bits per heavy atom. The van der Waals surface area contributed by atoms with E-state index in [2.05, 4.69) is 0 Å². The van der Waals surface area contributed by atoms with Gasteiger partial charge in [-0.25, -0.2) is 4.79 Å². The van der Waals surface area contributed by atoms with Gasteiger partial charge < -0.3 is 14.6 Å². The Morgan fingerprint density at radius 1 is 1.35 bits per heavy atom. The van der Waals surface area contributed by atoms with Gasteiger partial charge in [0.1, 0.15) is 12.2 Å². The number of hydrogen-bond acceptors (Lipinski definition) is 5. The molecule has 1 unspecified atom stereocenters. The zero-order valence-corrected chi connectivity index (χ0v) is 10.9. The predicted molar refractivity (Wildman–Crippen MR) is 68.8 cm³/mol. The second-order valence-corrected chi connectivity index (χ2v) is 5.29. The van der Waals surface area contributed by atoms with Gasteiger partial charge in [0.2, 0.25) is 0 Å². The Labute approximate surface area is 116 Å². The first-order chi connectivity index (χ1) is 9.69. The number of ether oxygens (including phenoxy) is 2. The highest BCUT2D eigenvalue weighted by atomic mass is 16.6. The molecule has 1 aromatic rings. The van der Waals surface area contributed by atoms with E-state index in [0.717, 1.165) is 0 Å². The summed E-state index contributed by atoms with van der Waals surface area (Å²) in [6, 6.07) is 8.74. The number of rotatable bonds is 3. The van der Waals surface area contributed by atoms with Crippen molar-refractivity contribution in [1.29, 1.82) is 0 Å². The van der Waals surface area contributed by atoms with Gasteiger partial charge in [-0.1, -0.05) is 18.2 Å².